The second kappa shape index (κ2) is 6.72. The fourth-order valence-corrected chi connectivity index (χ4v) is 4.22. The highest BCUT2D eigenvalue weighted by Crippen LogP contribution is 2.36. The monoisotopic (exact) mass is 293 g/mol. The Morgan fingerprint density at radius 3 is 2.70 bits per heavy atom. The molecule has 1 fully saturated rings. The Kier molecular flexibility index (Phi) is 4.73. The van der Waals surface area contributed by atoms with E-state index in [1.54, 1.807) is 0 Å². The number of hydrogen-bond acceptors (Lipinski definition) is 4. The van der Waals surface area contributed by atoms with Crippen LogP contribution < -0.4 is 14.8 Å². The van der Waals surface area contributed by atoms with Crippen molar-refractivity contribution in [3.05, 3.63) is 23.8 Å². The number of fused-ring (bicyclic) bond motifs is 1. The zero-order valence-electron chi connectivity index (χ0n) is 12.1. The molecule has 0 bridgehead atoms. The molecule has 3 rings (SSSR count). The van der Waals surface area contributed by atoms with E-state index in [9.17, 15) is 0 Å². The van der Waals surface area contributed by atoms with Crippen LogP contribution in [0.5, 0.6) is 11.5 Å². The van der Waals surface area contributed by atoms with Crippen LogP contribution in [0.3, 0.4) is 0 Å². The molecular formula is C16H23NO2S. The molecule has 0 aromatic heterocycles. The van der Waals surface area contributed by atoms with Crippen molar-refractivity contribution in [2.24, 2.45) is 5.92 Å². The maximum absolute atomic E-state index is 5.69. The van der Waals surface area contributed by atoms with Gasteiger partial charge in [-0.2, -0.15) is 11.8 Å². The predicted molar refractivity (Wildman–Crippen MR) is 83.9 cm³/mol. The van der Waals surface area contributed by atoms with Crippen LogP contribution in [-0.2, 0) is 0 Å². The van der Waals surface area contributed by atoms with E-state index < -0.39 is 0 Å². The summed E-state index contributed by atoms with van der Waals surface area (Å²) >= 11 is 2.09. The van der Waals surface area contributed by atoms with Crippen LogP contribution in [0.25, 0.3) is 0 Å². The van der Waals surface area contributed by atoms with Gasteiger partial charge in [0.15, 0.2) is 11.5 Å². The van der Waals surface area contributed by atoms with Crippen molar-refractivity contribution in [3.8, 4) is 11.5 Å². The van der Waals surface area contributed by atoms with Gasteiger partial charge in [-0.15, -0.1) is 0 Å². The molecule has 110 valence electrons. The first kappa shape index (κ1) is 14.1. The number of rotatable bonds is 4. The molecule has 1 N–H and O–H groups in total. The van der Waals surface area contributed by atoms with Crippen LogP contribution in [0, 0.1) is 5.92 Å². The predicted octanol–water partition coefficient (Wildman–Crippen LogP) is 3.25. The van der Waals surface area contributed by atoms with Crippen molar-refractivity contribution in [1.82, 2.24) is 5.32 Å². The molecule has 1 saturated heterocycles. The van der Waals surface area contributed by atoms with E-state index in [4.69, 9.17) is 9.47 Å². The Hall–Kier alpha value is -0.870. The van der Waals surface area contributed by atoms with Gasteiger partial charge in [0.05, 0.1) is 0 Å². The molecular weight excluding hydrogens is 270 g/mol. The quantitative estimate of drug-likeness (QED) is 0.923. The molecule has 2 aliphatic rings. The minimum absolute atomic E-state index is 0.416. The Balaban J connectivity index is 1.71. The third-order valence-electron chi connectivity index (χ3n) is 4.23. The van der Waals surface area contributed by atoms with E-state index in [0.717, 1.165) is 17.4 Å². The highest BCUT2D eigenvalue weighted by atomic mass is 32.2. The van der Waals surface area contributed by atoms with E-state index in [-0.39, 0.29) is 0 Å². The lowest BCUT2D eigenvalue weighted by Crippen LogP contribution is -2.22. The first-order chi connectivity index (χ1) is 9.86. The van der Waals surface area contributed by atoms with Gasteiger partial charge >= 0.3 is 0 Å². The fraction of sp³-hybridized carbons (Fsp3) is 0.625. The molecule has 3 nitrogen and oxygen atoms in total. The largest absolute Gasteiger partial charge is 0.486 e. The number of ether oxygens (including phenoxy) is 2. The van der Waals surface area contributed by atoms with Gasteiger partial charge in [-0.25, -0.2) is 0 Å². The van der Waals surface area contributed by atoms with Crippen LogP contribution in [0.4, 0.5) is 0 Å². The van der Waals surface area contributed by atoms with Crippen LogP contribution in [0.2, 0.25) is 0 Å². The first-order valence-electron chi connectivity index (χ1n) is 7.51. The molecule has 4 heteroatoms. The summed E-state index contributed by atoms with van der Waals surface area (Å²) in [7, 11) is 2.05. The smallest absolute Gasteiger partial charge is 0.161 e. The van der Waals surface area contributed by atoms with Gasteiger partial charge in [-0.1, -0.05) is 6.07 Å². The average Bonchev–Trinajstić information content (AvgIpc) is 2.53. The van der Waals surface area contributed by atoms with Gasteiger partial charge < -0.3 is 14.8 Å². The number of hydrogen-bond donors (Lipinski definition) is 1. The molecule has 1 unspecified atom stereocenters. The standard InChI is InChI=1S/C16H23NO2S/c1-17-14(10-12-4-8-20-9-5-12)13-2-3-15-16(11-13)19-7-6-18-15/h2-3,11-12,14,17H,4-10H2,1H3. The van der Waals surface area contributed by atoms with Gasteiger partial charge in [-0.05, 0) is 61.4 Å². The molecule has 2 heterocycles. The summed E-state index contributed by atoms with van der Waals surface area (Å²) < 4.78 is 11.3. The maximum Gasteiger partial charge on any atom is 0.161 e. The molecule has 20 heavy (non-hydrogen) atoms. The summed E-state index contributed by atoms with van der Waals surface area (Å²) in [5, 5.41) is 3.47. The van der Waals surface area contributed by atoms with Crippen molar-refractivity contribution in [2.45, 2.75) is 25.3 Å². The first-order valence-corrected chi connectivity index (χ1v) is 8.67. The highest BCUT2D eigenvalue weighted by Gasteiger charge is 2.21. The molecule has 0 radical (unpaired) electrons. The summed E-state index contributed by atoms with van der Waals surface area (Å²) in [5.41, 5.74) is 1.31. The highest BCUT2D eigenvalue weighted by molar-refractivity contribution is 7.99. The lowest BCUT2D eigenvalue weighted by molar-refractivity contribution is 0.171. The van der Waals surface area contributed by atoms with Crippen molar-refractivity contribution >= 4 is 11.8 Å². The summed E-state index contributed by atoms with van der Waals surface area (Å²) in [4.78, 5) is 0. The molecule has 0 aliphatic carbocycles. The van der Waals surface area contributed by atoms with Crippen molar-refractivity contribution in [3.63, 3.8) is 0 Å². The van der Waals surface area contributed by atoms with E-state index in [2.05, 4.69) is 36.3 Å². The third kappa shape index (κ3) is 3.23. The van der Waals surface area contributed by atoms with Crippen molar-refractivity contribution < 1.29 is 9.47 Å². The van der Waals surface area contributed by atoms with Gasteiger partial charge in [0.2, 0.25) is 0 Å². The number of thioether (sulfide) groups is 1. The van der Waals surface area contributed by atoms with E-state index in [0.29, 0.717) is 19.3 Å². The van der Waals surface area contributed by atoms with Gasteiger partial charge in [0.1, 0.15) is 13.2 Å². The molecule has 1 atom stereocenters. The van der Waals surface area contributed by atoms with E-state index in [1.165, 1.54) is 36.3 Å². The van der Waals surface area contributed by atoms with Gasteiger partial charge in [-0.3, -0.25) is 0 Å². The van der Waals surface area contributed by atoms with Crippen LogP contribution >= 0.6 is 11.8 Å². The summed E-state index contributed by atoms with van der Waals surface area (Å²) in [5.74, 6) is 5.27. The van der Waals surface area contributed by atoms with Crippen LogP contribution in [0.1, 0.15) is 30.9 Å². The van der Waals surface area contributed by atoms with E-state index >= 15 is 0 Å². The second-order valence-corrected chi connectivity index (χ2v) is 6.76. The van der Waals surface area contributed by atoms with Crippen molar-refractivity contribution in [2.75, 3.05) is 31.8 Å². The number of benzene rings is 1. The maximum atomic E-state index is 5.69. The lowest BCUT2D eigenvalue weighted by atomic mass is 9.90. The average molecular weight is 293 g/mol. The topological polar surface area (TPSA) is 30.5 Å². The van der Waals surface area contributed by atoms with E-state index in [1.807, 2.05) is 6.07 Å². The zero-order chi connectivity index (χ0) is 13.8. The lowest BCUT2D eigenvalue weighted by Gasteiger charge is -2.27. The SMILES string of the molecule is CNC(CC1CCSCC1)c1ccc2c(c1)OCCO2. The second-order valence-electron chi connectivity index (χ2n) is 5.54. The summed E-state index contributed by atoms with van der Waals surface area (Å²) in [6.07, 6.45) is 3.93. The van der Waals surface area contributed by atoms with Crippen LogP contribution in [-0.4, -0.2) is 31.8 Å². The fourth-order valence-electron chi connectivity index (χ4n) is 3.01. The van der Waals surface area contributed by atoms with Crippen LogP contribution in [0.15, 0.2) is 18.2 Å². The Morgan fingerprint density at radius 1 is 1.20 bits per heavy atom. The normalized spacial score (nSPS) is 20.6. The Morgan fingerprint density at radius 2 is 1.95 bits per heavy atom. The molecule has 1 aromatic carbocycles. The molecule has 0 spiro atoms. The Bertz CT molecular complexity index is 446. The summed E-state index contributed by atoms with van der Waals surface area (Å²) in [6, 6.07) is 6.78. The molecule has 0 amide bonds. The minimum Gasteiger partial charge on any atom is -0.486 e. The molecule has 1 aromatic rings. The zero-order valence-corrected chi connectivity index (χ0v) is 12.9. The Labute approximate surface area is 125 Å². The molecule has 2 aliphatic heterocycles. The number of nitrogens with one attached hydrogen (secondary N) is 1. The van der Waals surface area contributed by atoms with Gasteiger partial charge in [0, 0.05) is 6.04 Å². The molecule has 0 saturated carbocycles. The third-order valence-corrected chi connectivity index (χ3v) is 5.28. The van der Waals surface area contributed by atoms with Crippen molar-refractivity contribution in [1.29, 1.82) is 0 Å². The minimum atomic E-state index is 0.416. The van der Waals surface area contributed by atoms with Gasteiger partial charge in [0.25, 0.3) is 0 Å². The summed E-state index contributed by atoms with van der Waals surface area (Å²) in [6.45, 7) is 1.31.